The van der Waals surface area contributed by atoms with Crippen LogP contribution in [0.25, 0.3) is 0 Å². The van der Waals surface area contributed by atoms with Gasteiger partial charge in [0.15, 0.2) is 0 Å². The van der Waals surface area contributed by atoms with Gasteiger partial charge in [-0.1, -0.05) is 44.3 Å². The van der Waals surface area contributed by atoms with E-state index >= 15 is 0 Å². The fourth-order valence-electron chi connectivity index (χ4n) is 4.89. The predicted molar refractivity (Wildman–Crippen MR) is 88.8 cm³/mol. The van der Waals surface area contributed by atoms with E-state index in [1.54, 1.807) is 0 Å². The van der Waals surface area contributed by atoms with Crippen LogP contribution in [-0.4, -0.2) is 16.9 Å². The van der Waals surface area contributed by atoms with Gasteiger partial charge in [0.2, 0.25) is 5.91 Å². The van der Waals surface area contributed by atoms with E-state index in [-0.39, 0.29) is 23.8 Å². The number of thiocarbonyl (C=S) groups is 1. The highest BCUT2D eigenvalue weighted by molar-refractivity contribution is 7.80. The summed E-state index contributed by atoms with van der Waals surface area (Å²) >= 11 is 5.14. The minimum Gasteiger partial charge on any atom is -0.393 e. The number of nitrogens with two attached hydrogens (primary N) is 1. The van der Waals surface area contributed by atoms with Crippen LogP contribution < -0.4 is 11.1 Å². The van der Waals surface area contributed by atoms with E-state index in [9.17, 15) is 4.79 Å². The minimum absolute atomic E-state index is 0.194. The Bertz CT molecular complexity index is 412. The van der Waals surface area contributed by atoms with Crippen molar-refractivity contribution in [2.24, 2.45) is 29.4 Å². The van der Waals surface area contributed by atoms with Gasteiger partial charge in [-0.15, -0.1) is 0 Å². The number of amides is 1. The van der Waals surface area contributed by atoms with Gasteiger partial charge in [-0.25, -0.2) is 0 Å². The molecule has 1 amide bonds. The molecule has 5 unspecified atom stereocenters. The third-order valence-corrected chi connectivity index (χ3v) is 6.42. The van der Waals surface area contributed by atoms with Crippen LogP contribution in [0.15, 0.2) is 0 Å². The molecule has 0 aromatic rings. The van der Waals surface area contributed by atoms with Crippen molar-refractivity contribution in [1.82, 2.24) is 5.32 Å². The molecule has 5 atom stereocenters. The van der Waals surface area contributed by atoms with E-state index in [0.29, 0.717) is 4.99 Å². The summed E-state index contributed by atoms with van der Waals surface area (Å²) in [6.07, 6.45) is 12.1. The molecule has 118 valence electrons. The Kier molecular flexibility index (Phi) is 4.82. The Morgan fingerprint density at radius 3 is 2.48 bits per heavy atom. The second-order valence-electron chi connectivity index (χ2n) is 7.37. The third kappa shape index (κ3) is 3.41. The number of hydrogen-bond acceptors (Lipinski definition) is 2. The second-order valence-corrected chi connectivity index (χ2v) is 7.84. The molecule has 0 aliphatic heterocycles. The molecule has 4 heteroatoms. The first kappa shape index (κ1) is 15.3. The normalized spacial score (nSPS) is 39.5. The minimum atomic E-state index is 0.194. The van der Waals surface area contributed by atoms with E-state index in [1.165, 1.54) is 32.1 Å². The maximum absolute atomic E-state index is 12.6. The number of fused-ring (bicyclic) bond motifs is 1. The van der Waals surface area contributed by atoms with Gasteiger partial charge in [0, 0.05) is 17.9 Å². The summed E-state index contributed by atoms with van der Waals surface area (Å²) in [5.74, 6) is 2.43. The van der Waals surface area contributed by atoms with Gasteiger partial charge >= 0.3 is 0 Å². The Hall–Kier alpha value is -0.640. The smallest absolute Gasteiger partial charge is 0.223 e. The number of nitrogens with one attached hydrogen (secondary N) is 1. The van der Waals surface area contributed by atoms with E-state index in [0.717, 1.165) is 43.9 Å². The van der Waals surface area contributed by atoms with Gasteiger partial charge in [-0.2, -0.15) is 0 Å². The van der Waals surface area contributed by atoms with Gasteiger partial charge in [-0.05, 0) is 43.9 Å². The summed E-state index contributed by atoms with van der Waals surface area (Å²) in [5, 5.41) is 3.27. The van der Waals surface area contributed by atoms with Crippen molar-refractivity contribution in [3.63, 3.8) is 0 Å². The van der Waals surface area contributed by atoms with Crippen molar-refractivity contribution in [2.45, 2.75) is 70.3 Å². The molecule has 3 rings (SSSR count). The van der Waals surface area contributed by atoms with Crippen LogP contribution in [0.4, 0.5) is 0 Å². The second kappa shape index (κ2) is 6.64. The molecule has 0 heterocycles. The third-order valence-electron chi connectivity index (χ3n) is 6.12. The summed E-state index contributed by atoms with van der Waals surface area (Å²) < 4.78 is 0. The average Bonchev–Trinajstić information content (AvgIpc) is 2.95. The van der Waals surface area contributed by atoms with Crippen LogP contribution >= 0.6 is 12.2 Å². The zero-order chi connectivity index (χ0) is 14.8. The molecular weight excluding hydrogens is 280 g/mol. The van der Waals surface area contributed by atoms with E-state index < -0.39 is 0 Å². The Morgan fingerprint density at radius 1 is 0.952 bits per heavy atom. The Labute approximate surface area is 133 Å². The summed E-state index contributed by atoms with van der Waals surface area (Å²) in [6, 6.07) is 0.194. The molecule has 3 fully saturated rings. The maximum Gasteiger partial charge on any atom is 0.223 e. The van der Waals surface area contributed by atoms with Crippen LogP contribution in [0, 0.1) is 23.7 Å². The van der Waals surface area contributed by atoms with Gasteiger partial charge < -0.3 is 11.1 Å². The van der Waals surface area contributed by atoms with Crippen LogP contribution in [0.5, 0.6) is 0 Å². The fraction of sp³-hybridized carbons (Fsp3) is 0.882. The van der Waals surface area contributed by atoms with Crippen molar-refractivity contribution >= 4 is 23.1 Å². The quantitative estimate of drug-likeness (QED) is 0.787. The average molecular weight is 308 g/mol. The highest BCUT2D eigenvalue weighted by Gasteiger charge is 2.37. The van der Waals surface area contributed by atoms with Crippen molar-refractivity contribution in [3.8, 4) is 0 Å². The molecular formula is C17H28N2OS. The summed E-state index contributed by atoms with van der Waals surface area (Å²) in [6.45, 7) is 0. The first-order valence-corrected chi connectivity index (χ1v) is 9.15. The molecule has 0 aromatic carbocycles. The highest BCUT2D eigenvalue weighted by atomic mass is 32.1. The largest absolute Gasteiger partial charge is 0.393 e. The molecule has 3 saturated carbocycles. The Morgan fingerprint density at radius 2 is 1.71 bits per heavy atom. The SMILES string of the molecule is NC(=S)C1CCCC1NC(=O)C1CCC2CCCCC2C1. The zero-order valence-corrected chi connectivity index (χ0v) is 13.7. The summed E-state index contributed by atoms with van der Waals surface area (Å²) in [7, 11) is 0. The van der Waals surface area contributed by atoms with Crippen LogP contribution in [0.3, 0.4) is 0 Å². The van der Waals surface area contributed by atoms with Gasteiger partial charge in [-0.3, -0.25) is 4.79 Å². The lowest BCUT2D eigenvalue weighted by atomic mass is 9.67. The number of carbonyl (C=O) groups excluding carboxylic acids is 1. The van der Waals surface area contributed by atoms with Crippen molar-refractivity contribution in [1.29, 1.82) is 0 Å². The van der Waals surface area contributed by atoms with Crippen LogP contribution in [0.1, 0.15) is 64.2 Å². The van der Waals surface area contributed by atoms with Crippen LogP contribution in [-0.2, 0) is 4.79 Å². The van der Waals surface area contributed by atoms with E-state index in [4.69, 9.17) is 18.0 Å². The highest BCUT2D eigenvalue weighted by Crippen LogP contribution is 2.42. The predicted octanol–water partition coefficient (Wildman–Crippen LogP) is 3.16. The lowest BCUT2D eigenvalue weighted by molar-refractivity contribution is -0.128. The van der Waals surface area contributed by atoms with Crippen molar-refractivity contribution in [2.75, 3.05) is 0 Å². The van der Waals surface area contributed by atoms with E-state index in [2.05, 4.69) is 5.32 Å². The van der Waals surface area contributed by atoms with E-state index in [1.807, 2.05) is 0 Å². The monoisotopic (exact) mass is 308 g/mol. The van der Waals surface area contributed by atoms with Gasteiger partial charge in [0.05, 0.1) is 4.99 Å². The maximum atomic E-state index is 12.6. The molecule has 0 saturated heterocycles. The molecule has 3 aliphatic rings. The van der Waals surface area contributed by atoms with Crippen molar-refractivity contribution in [3.05, 3.63) is 0 Å². The first-order chi connectivity index (χ1) is 10.1. The first-order valence-electron chi connectivity index (χ1n) is 8.75. The number of hydrogen-bond donors (Lipinski definition) is 2. The van der Waals surface area contributed by atoms with Gasteiger partial charge in [0.1, 0.15) is 0 Å². The van der Waals surface area contributed by atoms with Crippen molar-refractivity contribution < 1.29 is 4.79 Å². The molecule has 3 aliphatic carbocycles. The molecule has 0 radical (unpaired) electrons. The standard InChI is InChI=1S/C17H28N2OS/c18-16(21)14-6-3-7-15(14)19-17(20)13-9-8-11-4-1-2-5-12(11)10-13/h11-15H,1-10H2,(H2,18,21)(H,19,20). The molecule has 0 bridgehead atoms. The lowest BCUT2D eigenvalue weighted by Crippen LogP contribution is -2.45. The number of carbonyl (C=O) groups is 1. The molecule has 0 aromatic heterocycles. The molecule has 21 heavy (non-hydrogen) atoms. The zero-order valence-electron chi connectivity index (χ0n) is 12.9. The fourth-order valence-corrected chi connectivity index (χ4v) is 5.17. The summed E-state index contributed by atoms with van der Waals surface area (Å²) in [5.41, 5.74) is 5.81. The van der Waals surface area contributed by atoms with Crippen LogP contribution in [0.2, 0.25) is 0 Å². The Balaban J connectivity index is 1.54. The topological polar surface area (TPSA) is 55.1 Å². The van der Waals surface area contributed by atoms with Gasteiger partial charge in [0.25, 0.3) is 0 Å². The number of rotatable bonds is 3. The lowest BCUT2D eigenvalue weighted by Gasteiger charge is -2.39. The molecule has 3 N–H and O–H groups in total. The molecule has 3 nitrogen and oxygen atoms in total. The summed E-state index contributed by atoms with van der Waals surface area (Å²) in [4.78, 5) is 13.2. The molecule has 0 spiro atoms.